The van der Waals surface area contributed by atoms with Gasteiger partial charge in [-0.2, -0.15) is 0 Å². The van der Waals surface area contributed by atoms with Gasteiger partial charge in [0, 0.05) is 38.3 Å². The highest BCUT2D eigenvalue weighted by molar-refractivity contribution is 6.12. The van der Waals surface area contributed by atoms with Gasteiger partial charge in [-0.15, -0.1) is 0 Å². The van der Waals surface area contributed by atoms with Crippen molar-refractivity contribution < 1.29 is 0 Å². The number of fused-ring (bicyclic) bond motifs is 6. The van der Waals surface area contributed by atoms with Crippen LogP contribution in [0, 0.1) is 13.8 Å². The van der Waals surface area contributed by atoms with Gasteiger partial charge >= 0.3 is 0 Å². The quantitative estimate of drug-likeness (QED) is 0.205. The zero-order valence-electron chi connectivity index (χ0n) is 25.1. The molecule has 6 aromatic carbocycles. The average molecular weight is 555 g/mol. The minimum Gasteiger partial charge on any atom is -0.309 e. The molecule has 0 atom stereocenters. The van der Waals surface area contributed by atoms with Crippen LogP contribution in [-0.4, -0.2) is 9.13 Å². The first-order valence-corrected chi connectivity index (χ1v) is 15.1. The maximum absolute atomic E-state index is 2.43. The third kappa shape index (κ3) is 3.94. The summed E-state index contributed by atoms with van der Waals surface area (Å²) in [5, 5.41) is 5.14. The largest absolute Gasteiger partial charge is 0.309 e. The summed E-state index contributed by atoms with van der Waals surface area (Å²) >= 11 is 0. The van der Waals surface area contributed by atoms with Crippen LogP contribution in [0.3, 0.4) is 0 Å². The topological polar surface area (TPSA) is 9.86 Å². The molecule has 0 radical (unpaired) electrons. The summed E-state index contributed by atoms with van der Waals surface area (Å²) in [6, 6.07) is 49.3. The van der Waals surface area contributed by atoms with E-state index in [0.717, 1.165) is 0 Å². The Morgan fingerprint density at radius 3 is 1.51 bits per heavy atom. The van der Waals surface area contributed by atoms with Gasteiger partial charge in [0.2, 0.25) is 0 Å². The molecule has 0 spiro atoms. The molecule has 2 nitrogen and oxygen atoms in total. The summed E-state index contributed by atoms with van der Waals surface area (Å²) < 4.78 is 4.84. The molecule has 2 heteroatoms. The Morgan fingerprint density at radius 2 is 0.860 bits per heavy atom. The minimum absolute atomic E-state index is 0.0745. The van der Waals surface area contributed by atoms with Crippen LogP contribution in [0.15, 0.2) is 133 Å². The van der Waals surface area contributed by atoms with Gasteiger partial charge in [0.05, 0.1) is 22.1 Å². The highest BCUT2D eigenvalue weighted by Gasteiger charge is 2.23. The number of benzene rings is 6. The van der Waals surface area contributed by atoms with E-state index in [-0.39, 0.29) is 5.41 Å². The summed E-state index contributed by atoms with van der Waals surface area (Å²) in [6.45, 7) is 8.95. The van der Waals surface area contributed by atoms with E-state index in [1.807, 2.05) is 0 Å². The molecule has 0 bridgehead atoms. The molecule has 208 valence electrons. The van der Waals surface area contributed by atoms with Crippen LogP contribution in [0.25, 0.3) is 55.0 Å². The van der Waals surface area contributed by atoms with Crippen molar-refractivity contribution in [3.8, 4) is 11.4 Å². The number of aromatic nitrogens is 2. The van der Waals surface area contributed by atoms with Crippen molar-refractivity contribution in [3.05, 3.63) is 156 Å². The van der Waals surface area contributed by atoms with Crippen LogP contribution in [0.4, 0.5) is 0 Å². The van der Waals surface area contributed by atoms with E-state index in [2.05, 4.69) is 170 Å². The number of nitrogens with zero attached hydrogens (tertiary/aromatic N) is 2. The van der Waals surface area contributed by atoms with Gasteiger partial charge < -0.3 is 9.13 Å². The lowest BCUT2D eigenvalue weighted by atomic mass is 9.78. The monoisotopic (exact) mass is 554 g/mol. The fourth-order valence-corrected chi connectivity index (χ4v) is 6.96. The fourth-order valence-electron chi connectivity index (χ4n) is 6.96. The Hall–Kier alpha value is -5.08. The maximum Gasteiger partial charge on any atom is 0.0542 e. The molecular weight excluding hydrogens is 520 g/mol. The summed E-state index contributed by atoms with van der Waals surface area (Å²) in [5.41, 5.74) is 12.4. The number of para-hydroxylation sites is 1. The zero-order valence-corrected chi connectivity index (χ0v) is 25.1. The SMILES string of the molecule is Cc1ccc2c(c1)c1cc(C)ccc1n2-c1ccc2c(c1)c1ccccc1n2-c1ccc(C(C)(C)c2ccccc2)cc1. The number of hydrogen-bond donors (Lipinski definition) is 0. The van der Waals surface area contributed by atoms with Crippen molar-refractivity contribution in [2.75, 3.05) is 0 Å². The second kappa shape index (κ2) is 9.47. The van der Waals surface area contributed by atoms with Crippen molar-refractivity contribution in [3.63, 3.8) is 0 Å². The third-order valence-electron chi connectivity index (χ3n) is 9.33. The summed E-state index contributed by atoms with van der Waals surface area (Å²) in [7, 11) is 0. The Balaban J connectivity index is 1.31. The number of rotatable bonds is 4. The minimum atomic E-state index is -0.0745. The zero-order chi connectivity index (χ0) is 29.3. The van der Waals surface area contributed by atoms with E-state index in [0.29, 0.717) is 0 Å². The molecule has 0 aliphatic carbocycles. The lowest BCUT2D eigenvalue weighted by Gasteiger charge is -2.26. The number of hydrogen-bond acceptors (Lipinski definition) is 0. The molecule has 2 heterocycles. The van der Waals surface area contributed by atoms with E-state index in [1.54, 1.807) is 0 Å². The van der Waals surface area contributed by atoms with E-state index in [4.69, 9.17) is 0 Å². The van der Waals surface area contributed by atoms with Crippen LogP contribution in [0.2, 0.25) is 0 Å². The molecule has 0 fully saturated rings. The van der Waals surface area contributed by atoms with Gasteiger partial charge in [-0.3, -0.25) is 0 Å². The van der Waals surface area contributed by atoms with Gasteiger partial charge in [-0.25, -0.2) is 0 Å². The van der Waals surface area contributed by atoms with Gasteiger partial charge in [-0.05, 0) is 85.6 Å². The molecule has 0 unspecified atom stereocenters. The van der Waals surface area contributed by atoms with E-state index in [1.165, 1.54) is 77.2 Å². The molecule has 43 heavy (non-hydrogen) atoms. The van der Waals surface area contributed by atoms with Gasteiger partial charge in [0.25, 0.3) is 0 Å². The normalized spacial score (nSPS) is 12.2. The standard InChI is InChI=1S/C41H34N2/c1-27-14-21-38-34(24-27)35-25-28(2)15-22-39(35)43(38)32-20-23-40-36(26-32)33-12-8-9-13-37(33)42(40)31-18-16-30(17-19-31)41(3,4)29-10-6-5-7-11-29/h5-26H,1-4H3. The Kier molecular flexibility index (Phi) is 5.64. The highest BCUT2D eigenvalue weighted by Crippen LogP contribution is 2.38. The summed E-state index contributed by atoms with van der Waals surface area (Å²) in [4.78, 5) is 0. The average Bonchev–Trinajstić information content (AvgIpc) is 3.53. The Morgan fingerprint density at radius 1 is 0.395 bits per heavy atom. The third-order valence-corrected chi connectivity index (χ3v) is 9.33. The van der Waals surface area contributed by atoms with Crippen molar-refractivity contribution in [2.24, 2.45) is 0 Å². The molecule has 0 saturated carbocycles. The second-order valence-corrected chi connectivity index (χ2v) is 12.5. The van der Waals surface area contributed by atoms with Crippen molar-refractivity contribution >= 4 is 43.6 Å². The Labute approximate surface area is 252 Å². The van der Waals surface area contributed by atoms with Crippen molar-refractivity contribution in [1.82, 2.24) is 9.13 Å². The first kappa shape index (κ1) is 25.6. The molecule has 0 saturated heterocycles. The first-order valence-electron chi connectivity index (χ1n) is 15.1. The summed E-state index contributed by atoms with van der Waals surface area (Å²) in [6.07, 6.45) is 0. The van der Waals surface area contributed by atoms with Crippen LogP contribution in [-0.2, 0) is 5.41 Å². The molecular formula is C41H34N2. The number of aryl methyl sites for hydroxylation is 2. The van der Waals surface area contributed by atoms with Crippen LogP contribution < -0.4 is 0 Å². The van der Waals surface area contributed by atoms with Crippen molar-refractivity contribution in [2.45, 2.75) is 33.1 Å². The first-order chi connectivity index (χ1) is 20.9. The molecule has 8 rings (SSSR count). The van der Waals surface area contributed by atoms with E-state index in [9.17, 15) is 0 Å². The lowest BCUT2D eigenvalue weighted by Crippen LogP contribution is -2.18. The van der Waals surface area contributed by atoms with E-state index < -0.39 is 0 Å². The second-order valence-electron chi connectivity index (χ2n) is 12.5. The Bertz CT molecular complexity index is 2250. The molecule has 0 aliphatic heterocycles. The fraction of sp³-hybridized carbons (Fsp3) is 0.122. The maximum atomic E-state index is 2.43. The molecule has 0 amide bonds. The van der Waals surface area contributed by atoms with Crippen LogP contribution >= 0.6 is 0 Å². The van der Waals surface area contributed by atoms with Crippen LogP contribution in [0.1, 0.15) is 36.1 Å². The molecule has 8 aromatic rings. The van der Waals surface area contributed by atoms with Gasteiger partial charge in [0.15, 0.2) is 0 Å². The molecule has 0 aliphatic rings. The van der Waals surface area contributed by atoms with Crippen molar-refractivity contribution in [1.29, 1.82) is 0 Å². The summed E-state index contributed by atoms with van der Waals surface area (Å²) in [5.74, 6) is 0. The predicted octanol–water partition coefficient (Wildman–Crippen LogP) is 10.8. The molecule has 0 N–H and O–H groups in total. The van der Waals surface area contributed by atoms with Crippen LogP contribution in [0.5, 0.6) is 0 Å². The van der Waals surface area contributed by atoms with Gasteiger partial charge in [-0.1, -0.05) is 97.8 Å². The van der Waals surface area contributed by atoms with E-state index >= 15 is 0 Å². The molecule has 2 aromatic heterocycles. The van der Waals surface area contributed by atoms with Gasteiger partial charge in [0.1, 0.15) is 0 Å². The lowest BCUT2D eigenvalue weighted by molar-refractivity contribution is 0.641. The predicted molar refractivity (Wildman–Crippen MR) is 183 cm³/mol. The highest BCUT2D eigenvalue weighted by atomic mass is 15.0. The smallest absolute Gasteiger partial charge is 0.0542 e.